The molecule has 0 unspecified atom stereocenters. The van der Waals surface area contributed by atoms with Crippen LogP contribution in [0, 0.1) is 0 Å². The van der Waals surface area contributed by atoms with Crippen LogP contribution in [-0.2, 0) is 13.0 Å². The second-order valence-electron chi connectivity index (χ2n) is 8.19. The van der Waals surface area contributed by atoms with Gasteiger partial charge in [-0.25, -0.2) is 0 Å². The Morgan fingerprint density at radius 3 is 1.97 bits per heavy atom. The molecule has 0 aromatic heterocycles. The molecule has 0 saturated carbocycles. The fourth-order valence-corrected chi connectivity index (χ4v) is 3.74. The molecule has 32 heavy (non-hydrogen) atoms. The zero-order valence-corrected chi connectivity index (χ0v) is 19.1. The van der Waals surface area contributed by atoms with Crippen LogP contribution < -0.4 is 9.47 Å². The van der Waals surface area contributed by atoms with Gasteiger partial charge in [0.25, 0.3) is 0 Å². The number of carbonyl (C=O) groups is 1. The third kappa shape index (κ3) is 8.22. The molecule has 3 aromatic rings. The van der Waals surface area contributed by atoms with Gasteiger partial charge in [0.1, 0.15) is 18.1 Å². The van der Waals surface area contributed by atoms with Crippen molar-refractivity contribution in [3.63, 3.8) is 0 Å². The summed E-state index contributed by atoms with van der Waals surface area (Å²) in [4.78, 5) is 12.4. The number of ether oxygens (including phenoxy) is 2. The van der Waals surface area contributed by atoms with Crippen LogP contribution in [0.15, 0.2) is 78.9 Å². The Balaban J connectivity index is 1.24. The molecule has 0 aliphatic heterocycles. The number of Topliss-reactive ketones (excluding diaryl/α,β-unsaturated/α-hetero) is 1. The van der Waals surface area contributed by atoms with Crippen LogP contribution in [0.25, 0.3) is 0 Å². The zero-order chi connectivity index (χ0) is 22.4. The number of hydrogen-bond acceptors (Lipinski definition) is 3. The SMILES string of the molecule is COc1ccc(CCCCCCCCC(=O)c2ccc(OCc3ccccc3)cc2)cc1. The van der Waals surface area contributed by atoms with Crippen LogP contribution in [0.5, 0.6) is 11.5 Å². The Bertz CT molecular complexity index is 915. The van der Waals surface area contributed by atoms with E-state index in [0.29, 0.717) is 13.0 Å². The maximum Gasteiger partial charge on any atom is 0.162 e. The normalized spacial score (nSPS) is 10.7. The van der Waals surface area contributed by atoms with Gasteiger partial charge >= 0.3 is 0 Å². The van der Waals surface area contributed by atoms with E-state index in [1.807, 2.05) is 66.7 Å². The largest absolute Gasteiger partial charge is 0.497 e. The van der Waals surface area contributed by atoms with Crippen LogP contribution in [-0.4, -0.2) is 12.9 Å². The van der Waals surface area contributed by atoms with E-state index in [1.165, 1.54) is 31.2 Å². The lowest BCUT2D eigenvalue weighted by Gasteiger charge is -2.07. The van der Waals surface area contributed by atoms with Gasteiger partial charge in [-0.05, 0) is 66.8 Å². The summed E-state index contributed by atoms with van der Waals surface area (Å²) < 4.78 is 11.0. The van der Waals surface area contributed by atoms with Gasteiger partial charge in [-0.1, -0.05) is 68.1 Å². The Hall–Kier alpha value is -3.07. The molecule has 0 spiro atoms. The van der Waals surface area contributed by atoms with E-state index in [9.17, 15) is 4.79 Å². The van der Waals surface area contributed by atoms with Gasteiger partial charge in [-0.15, -0.1) is 0 Å². The molecule has 0 atom stereocenters. The molecule has 3 nitrogen and oxygen atoms in total. The smallest absolute Gasteiger partial charge is 0.162 e. The van der Waals surface area contributed by atoms with Crippen LogP contribution in [0.3, 0.4) is 0 Å². The minimum atomic E-state index is 0.221. The molecular formula is C29H34O3. The van der Waals surface area contributed by atoms with E-state index in [1.54, 1.807) is 7.11 Å². The molecule has 3 rings (SSSR count). The number of ketones is 1. The minimum absolute atomic E-state index is 0.221. The highest BCUT2D eigenvalue weighted by Gasteiger charge is 2.06. The number of rotatable bonds is 14. The summed E-state index contributed by atoms with van der Waals surface area (Å²) in [5.74, 6) is 1.93. The monoisotopic (exact) mass is 430 g/mol. The fourth-order valence-electron chi connectivity index (χ4n) is 3.74. The standard InChI is InChI=1S/C29H34O3/c1-31-27-19-15-24(16-20-27)11-7-4-2-3-5-10-14-29(30)26-17-21-28(22-18-26)32-23-25-12-8-6-9-13-25/h6,8-9,12-13,15-22H,2-5,7,10-11,14,23H2,1H3. The third-order valence-electron chi connectivity index (χ3n) is 5.70. The summed E-state index contributed by atoms with van der Waals surface area (Å²) in [5, 5.41) is 0. The molecule has 0 bridgehead atoms. The molecule has 0 amide bonds. The highest BCUT2D eigenvalue weighted by Crippen LogP contribution is 2.18. The van der Waals surface area contributed by atoms with Crippen molar-refractivity contribution in [3.8, 4) is 11.5 Å². The van der Waals surface area contributed by atoms with Crippen LogP contribution >= 0.6 is 0 Å². The van der Waals surface area contributed by atoms with Crippen molar-refractivity contribution in [1.82, 2.24) is 0 Å². The van der Waals surface area contributed by atoms with E-state index in [2.05, 4.69) is 12.1 Å². The molecule has 0 heterocycles. The molecule has 3 aromatic carbocycles. The second-order valence-corrected chi connectivity index (χ2v) is 8.19. The summed E-state index contributed by atoms with van der Waals surface area (Å²) in [6.45, 7) is 0.536. The van der Waals surface area contributed by atoms with Crippen LogP contribution in [0.2, 0.25) is 0 Å². The average molecular weight is 431 g/mol. The van der Waals surface area contributed by atoms with Crippen molar-refractivity contribution in [3.05, 3.63) is 95.6 Å². The Labute approximate surface area is 192 Å². The first kappa shape index (κ1) is 23.6. The molecule has 0 aliphatic carbocycles. The summed E-state index contributed by atoms with van der Waals surface area (Å²) in [6, 6.07) is 26.0. The fraction of sp³-hybridized carbons (Fsp3) is 0.345. The Morgan fingerprint density at radius 1 is 0.656 bits per heavy atom. The van der Waals surface area contributed by atoms with E-state index in [0.717, 1.165) is 41.9 Å². The third-order valence-corrected chi connectivity index (χ3v) is 5.70. The van der Waals surface area contributed by atoms with Gasteiger partial charge < -0.3 is 9.47 Å². The van der Waals surface area contributed by atoms with E-state index in [-0.39, 0.29) is 5.78 Å². The van der Waals surface area contributed by atoms with E-state index in [4.69, 9.17) is 9.47 Å². The number of hydrogen-bond donors (Lipinski definition) is 0. The van der Waals surface area contributed by atoms with Crippen molar-refractivity contribution in [1.29, 1.82) is 0 Å². The lowest BCUT2D eigenvalue weighted by Crippen LogP contribution is -2.00. The number of aryl methyl sites for hydroxylation is 1. The summed E-state index contributed by atoms with van der Waals surface area (Å²) in [6.07, 6.45) is 8.70. The van der Waals surface area contributed by atoms with Crippen LogP contribution in [0.4, 0.5) is 0 Å². The quantitative estimate of drug-likeness (QED) is 0.197. The van der Waals surface area contributed by atoms with Gasteiger partial charge in [0, 0.05) is 12.0 Å². The summed E-state index contributed by atoms with van der Waals surface area (Å²) in [7, 11) is 1.70. The van der Waals surface area contributed by atoms with Gasteiger partial charge in [0.2, 0.25) is 0 Å². The van der Waals surface area contributed by atoms with Gasteiger partial charge in [-0.2, -0.15) is 0 Å². The average Bonchev–Trinajstić information content (AvgIpc) is 2.85. The van der Waals surface area contributed by atoms with Crippen LogP contribution in [0.1, 0.15) is 66.4 Å². The predicted octanol–water partition coefficient (Wildman–Crippen LogP) is 7.43. The first-order valence-corrected chi connectivity index (χ1v) is 11.7. The molecule has 3 heteroatoms. The molecule has 0 fully saturated rings. The second kappa shape index (κ2) is 13.4. The lowest BCUT2D eigenvalue weighted by molar-refractivity contribution is 0.0979. The zero-order valence-electron chi connectivity index (χ0n) is 19.1. The van der Waals surface area contributed by atoms with Crippen molar-refractivity contribution in [2.75, 3.05) is 7.11 Å². The minimum Gasteiger partial charge on any atom is -0.497 e. The Morgan fingerprint density at radius 2 is 1.28 bits per heavy atom. The molecule has 0 N–H and O–H groups in total. The number of unbranched alkanes of at least 4 members (excludes halogenated alkanes) is 5. The molecular weight excluding hydrogens is 396 g/mol. The highest BCUT2D eigenvalue weighted by atomic mass is 16.5. The number of methoxy groups -OCH3 is 1. The van der Waals surface area contributed by atoms with Crippen molar-refractivity contribution in [2.45, 2.75) is 58.0 Å². The van der Waals surface area contributed by atoms with Crippen molar-refractivity contribution < 1.29 is 14.3 Å². The van der Waals surface area contributed by atoms with E-state index >= 15 is 0 Å². The summed E-state index contributed by atoms with van der Waals surface area (Å²) >= 11 is 0. The predicted molar refractivity (Wildman–Crippen MR) is 131 cm³/mol. The topological polar surface area (TPSA) is 35.5 Å². The van der Waals surface area contributed by atoms with Gasteiger partial charge in [0.15, 0.2) is 5.78 Å². The summed E-state index contributed by atoms with van der Waals surface area (Å²) in [5.41, 5.74) is 3.28. The van der Waals surface area contributed by atoms with Gasteiger partial charge in [0.05, 0.1) is 7.11 Å². The first-order chi connectivity index (χ1) is 15.7. The molecule has 168 valence electrons. The van der Waals surface area contributed by atoms with Gasteiger partial charge in [-0.3, -0.25) is 4.79 Å². The number of carbonyl (C=O) groups excluding carboxylic acids is 1. The molecule has 0 radical (unpaired) electrons. The number of benzene rings is 3. The van der Waals surface area contributed by atoms with E-state index < -0.39 is 0 Å². The first-order valence-electron chi connectivity index (χ1n) is 11.7. The maximum absolute atomic E-state index is 12.4. The Kier molecular flexibility index (Phi) is 9.85. The highest BCUT2D eigenvalue weighted by molar-refractivity contribution is 5.96. The van der Waals surface area contributed by atoms with Crippen molar-refractivity contribution >= 4 is 5.78 Å². The maximum atomic E-state index is 12.4. The molecule has 0 aliphatic rings. The lowest BCUT2D eigenvalue weighted by atomic mass is 10.0. The molecule has 0 saturated heterocycles. The van der Waals surface area contributed by atoms with Crippen molar-refractivity contribution in [2.24, 2.45) is 0 Å².